The van der Waals surface area contributed by atoms with Crippen LogP contribution in [0, 0.1) is 13.8 Å². The maximum absolute atomic E-state index is 5.97. The summed E-state index contributed by atoms with van der Waals surface area (Å²) in [5.41, 5.74) is 9.95. The minimum Gasteiger partial charge on any atom is -0.375 e. The lowest BCUT2D eigenvalue weighted by atomic mass is 10.0. The number of hydrogen-bond acceptors (Lipinski definition) is 3. The van der Waals surface area contributed by atoms with E-state index in [9.17, 15) is 0 Å². The van der Waals surface area contributed by atoms with Crippen molar-refractivity contribution in [1.29, 1.82) is 0 Å². The molecule has 2 nitrogen and oxygen atoms in total. The number of hydrogen-bond donors (Lipinski definition) is 1. The monoisotopic (exact) mass is 238 g/mol. The zero-order valence-corrected chi connectivity index (χ0v) is 10.1. The van der Waals surface area contributed by atoms with E-state index < -0.39 is 0 Å². The number of rotatable bonds is 1. The summed E-state index contributed by atoms with van der Waals surface area (Å²) in [7, 11) is 0. The predicted octanol–water partition coefficient (Wildman–Crippen LogP) is 3.66. The molecule has 0 bridgehead atoms. The van der Waals surface area contributed by atoms with Gasteiger partial charge in [0, 0.05) is 16.0 Å². The first-order valence-corrected chi connectivity index (χ1v) is 5.82. The Balaban J connectivity index is 2.62. The number of thiazole rings is 1. The molecule has 0 unspecified atom stereocenters. The van der Waals surface area contributed by atoms with Crippen LogP contribution in [-0.4, -0.2) is 4.98 Å². The van der Waals surface area contributed by atoms with Crippen molar-refractivity contribution in [2.45, 2.75) is 13.8 Å². The molecule has 0 aliphatic carbocycles. The maximum atomic E-state index is 5.97. The molecule has 4 heteroatoms. The Morgan fingerprint density at radius 1 is 1.27 bits per heavy atom. The first kappa shape index (κ1) is 10.5. The number of nitrogens with two attached hydrogens (primary N) is 1. The molecular formula is C11H11ClN2S. The fraction of sp³-hybridized carbons (Fsp3) is 0.182. The van der Waals surface area contributed by atoms with E-state index in [2.05, 4.69) is 4.98 Å². The van der Waals surface area contributed by atoms with Gasteiger partial charge in [0.1, 0.15) is 0 Å². The van der Waals surface area contributed by atoms with Crippen molar-refractivity contribution in [2.24, 2.45) is 0 Å². The summed E-state index contributed by atoms with van der Waals surface area (Å²) in [6.07, 6.45) is 0. The Labute approximate surface area is 97.7 Å². The number of benzene rings is 1. The van der Waals surface area contributed by atoms with E-state index in [0.29, 0.717) is 5.13 Å². The molecule has 0 radical (unpaired) electrons. The Hall–Kier alpha value is -1.06. The van der Waals surface area contributed by atoms with Gasteiger partial charge in [0.15, 0.2) is 5.13 Å². The highest BCUT2D eigenvalue weighted by atomic mass is 35.5. The fourth-order valence-corrected chi connectivity index (χ4v) is 2.60. The normalized spacial score (nSPS) is 10.6. The molecule has 0 aliphatic rings. The van der Waals surface area contributed by atoms with Crippen LogP contribution < -0.4 is 5.73 Å². The van der Waals surface area contributed by atoms with E-state index in [1.807, 2.05) is 31.4 Å². The third-order valence-electron chi connectivity index (χ3n) is 2.28. The number of aromatic nitrogens is 1. The summed E-state index contributed by atoms with van der Waals surface area (Å²) in [6.45, 7) is 4.06. The van der Waals surface area contributed by atoms with Crippen molar-refractivity contribution in [3.8, 4) is 11.3 Å². The Bertz CT molecular complexity index is 482. The standard InChI is InChI=1S/C11H11ClN2S/c1-6-3-8(12)4-7(2)10(6)9-5-15-11(13)14-9/h3-5H,1-2H3,(H2,13,14). The van der Waals surface area contributed by atoms with Crippen LogP contribution in [0.2, 0.25) is 5.02 Å². The molecule has 0 fully saturated rings. The van der Waals surface area contributed by atoms with Crippen molar-refractivity contribution >= 4 is 28.1 Å². The van der Waals surface area contributed by atoms with Crippen molar-refractivity contribution in [3.63, 3.8) is 0 Å². The Morgan fingerprint density at radius 3 is 2.33 bits per heavy atom. The summed E-state index contributed by atoms with van der Waals surface area (Å²) in [5.74, 6) is 0. The molecule has 1 heterocycles. The molecule has 0 atom stereocenters. The van der Waals surface area contributed by atoms with Crippen molar-refractivity contribution in [2.75, 3.05) is 5.73 Å². The topological polar surface area (TPSA) is 38.9 Å². The fourth-order valence-electron chi connectivity index (χ4n) is 1.72. The van der Waals surface area contributed by atoms with E-state index >= 15 is 0 Å². The first-order valence-electron chi connectivity index (χ1n) is 4.56. The molecule has 78 valence electrons. The smallest absolute Gasteiger partial charge is 0.180 e. The van der Waals surface area contributed by atoms with Crippen LogP contribution in [0.5, 0.6) is 0 Å². The highest BCUT2D eigenvalue weighted by Crippen LogP contribution is 2.31. The van der Waals surface area contributed by atoms with Gasteiger partial charge in [-0.15, -0.1) is 11.3 Å². The second-order valence-electron chi connectivity index (χ2n) is 3.49. The SMILES string of the molecule is Cc1cc(Cl)cc(C)c1-c1csc(N)n1. The first-order chi connectivity index (χ1) is 7.08. The second kappa shape index (κ2) is 3.83. The lowest BCUT2D eigenvalue weighted by molar-refractivity contribution is 1.33. The average Bonchev–Trinajstić information content (AvgIpc) is 2.49. The number of nitrogen functional groups attached to an aromatic ring is 1. The number of aryl methyl sites for hydroxylation is 2. The minimum atomic E-state index is 0.596. The molecule has 0 spiro atoms. The third kappa shape index (κ3) is 1.98. The van der Waals surface area contributed by atoms with Crippen molar-refractivity contribution < 1.29 is 0 Å². The molecule has 0 saturated carbocycles. The quantitative estimate of drug-likeness (QED) is 0.824. The average molecular weight is 239 g/mol. The van der Waals surface area contributed by atoms with E-state index in [0.717, 1.165) is 27.4 Å². The number of halogens is 1. The number of anilines is 1. The molecule has 15 heavy (non-hydrogen) atoms. The van der Waals surface area contributed by atoms with Gasteiger partial charge in [0.05, 0.1) is 5.69 Å². The van der Waals surface area contributed by atoms with Gasteiger partial charge in [-0.3, -0.25) is 0 Å². The zero-order chi connectivity index (χ0) is 11.0. The van der Waals surface area contributed by atoms with Gasteiger partial charge in [-0.05, 0) is 37.1 Å². The maximum Gasteiger partial charge on any atom is 0.180 e. The minimum absolute atomic E-state index is 0.596. The summed E-state index contributed by atoms with van der Waals surface area (Å²) >= 11 is 7.43. The Morgan fingerprint density at radius 2 is 1.87 bits per heavy atom. The van der Waals surface area contributed by atoms with Crippen LogP contribution in [0.15, 0.2) is 17.5 Å². The Kier molecular flexibility index (Phi) is 2.67. The predicted molar refractivity (Wildman–Crippen MR) is 66.4 cm³/mol. The van der Waals surface area contributed by atoms with Crippen LogP contribution in [0.3, 0.4) is 0 Å². The second-order valence-corrected chi connectivity index (χ2v) is 4.81. The number of nitrogens with zero attached hydrogens (tertiary/aromatic N) is 1. The van der Waals surface area contributed by atoms with E-state index in [1.165, 1.54) is 11.3 Å². The van der Waals surface area contributed by atoms with E-state index in [-0.39, 0.29) is 0 Å². The van der Waals surface area contributed by atoms with Gasteiger partial charge in [0.25, 0.3) is 0 Å². The van der Waals surface area contributed by atoms with E-state index in [4.69, 9.17) is 17.3 Å². The summed E-state index contributed by atoms with van der Waals surface area (Å²) in [4.78, 5) is 4.29. The largest absolute Gasteiger partial charge is 0.375 e. The highest BCUT2D eigenvalue weighted by Gasteiger charge is 2.09. The van der Waals surface area contributed by atoms with Crippen LogP contribution in [-0.2, 0) is 0 Å². The lowest BCUT2D eigenvalue weighted by Crippen LogP contribution is -1.89. The van der Waals surface area contributed by atoms with Gasteiger partial charge in [-0.2, -0.15) is 0 Å². The van der Waals surface area contributed by atoms with Gasteiger partial charge < -0.3 is 5.73 Å². The zero-order valence-electron chi connectivity index (χ0n) is 8.54. The van der Waals surface area contributed by atoms with Gasteiger partial charge in [0.2, 0.25) is 0 Å². The van der Waals surface area contributed by atoms with Crippen LogP contribution in [0.4, 0.5) is 5.13 Å². The molecule has 0 aliphatic heterocycles. The molecule has 0 saturated heterocycles. The molecule has 1 aromatic heterocycles. The van der Waals surface area contributed by atoms with Gasteiger partial charge in [-0.1, -0.05) is 11.6 Å². The molecule has 2 N–H and O–H groups in total. The van der Waals surface area contributed by atoms with Gasteiger partial charge >= 0.3 is 0 Å². The molecule has 1 aromatic carbocycles. The molecule has 2 aromatic rings. The van der Waals surface area contributed by atoms with E-state index in [1.54, 1.807) is 0 Å². The summed E-state index contributed by atoms with van der Waals surface area (Å²) in [6, 6.07) is 3.89. The summed E-state index contributed by atoms with van der Waals surface area (Å²) < 4.78 is 0. The third-order valence-corrected chi connectivity index (χ3v) is 3.17. The van der Waals surface area contributed by atoms with Crippen LogP contribution in [0.1, 0.15) is 11.1 Å². The van der Waals surface area contributed by atoms with Crippen molar-refractivity contribution in [3.05, 3.63) is 33.7 Å². The van der Waals surface area contributed by atoms with Crippen LogP contribution in [0.25, 0.3) is 11.3 Å². The molecule has 2 rings (SSSR count). The summed E-state index contributed by atoms with van der Waals surface area (Å²) in [5, 5.41) is 3.33. The highest BCUT2D eigenvalue weighted by molar-refractivity contribution is 7.13. The van der Waals surface area contributed by atoms with Crippen LogP contribution >= 0.6 is 22.9 Å². The van der Waals surface area contributed by atoms with Gasteiger partial charge in [-0.25, -0.2) is 4.98 Å². The molecular weight excluding hydrogens is 228 g/mol. The lowest BCUT2D eigenvalue weighted by Gasteiger charge is -2.07. The molecule has 0 amide bonds. The van der Waals surface area contributed by atoms with Crippen molar-refractivity contribution in [1.82, 2.24) is 4.98 Å².